The lowest BCUT2D eigenvalue weighted by molar-refractivity contribution is 0.933. The third-order valence-corrected chi connectivity index (χ3v) is 4.82. The Morgan fingerprint density at radius 2 is 2.14 bits per heavy atom. The smallest absolute Gasteiger partial charge is 0.257 e. The van der Waals surface area contributed by atoms with Crippen LogP contribution in [0, 0.1) is 17.6 Å². The molecule has 0 aromatic carbocycles. The monoisotopic (exact) mass is 298 g/mol. The Morgan fingerprint density at radius 1 is 1.33 bits per heavy atom. The zero-order chi connectivity index (χ0) is 15.0. The van der Waals surface area contributed by atoms with Crippen LogP contribution in [0.4, 0.5) is 0 Å². The predicted molar refractivity (Wildman–Crippen MR) is 88.1 cm³/mol. The molecule has 0 radical (unpaired) electrons. The van der Waals surface area contributed by atoms with Crippen LogP contribution < -0.4 is 16.1 Å². The fourth-order valence-electron chi connectivity index (χ4n) is 2.53. The molecule has 0 spiro atoms. The Bertz CT molecular complexity index is 1010. The van der Waals surface area contributed by atoms with Crippen LogP contribution in [0.1, 0.15) is 28.7 Å². The summed E-state index contributed by atoms with van der Waals surface area (Å²) in [4.78, 5) is 20.7. The highest BCUT2D eigenvalue weighted by Crippen LogP contribution is 2.23. The molecule has 0 saturated carbocycles. The normalized spacial score (nSPS) is 12.4. The molecule has 0 unspecified atom stereocenters. The summed E-state index contributed by atoms with van der Waals surface area (Å²) in [6, 6.07) is 5.90. The van der Waals surface area contributed by atoms with Crippen LogP contribution in [0.15, 0.2) is 23.0 Å². The molecule has 3 nitrogen and oxygen atoms in total. The molecule has 108 valence electrons. The van der Waals surface area contributed by atoms with Gasteiger partial charge in [-0.05, 0) is 43.2 Å². The second-order valence-electron chi connectivity index (χ2n) is 5.29. The Kier molecular flexibility index (Phi) is 3.55. The minimum atomic E-state index is -0.0602. The van der Waals surface area contributed by atoms with E-state index in [-0.39, 0.29) is 5.56 Å². The lowest BCUT2D eigenvalue weighted by atomic mass is 10.2. The molecular weight excluding hydrogens is 280 g/mol. The Balaban J connectivity index is 2.24. The number of aromatic amines is 2. The second kappa shape index (κ2) is 5.37. The van der Waals surface area contributed by atoms with Gasteiger partial charge in [-0.15, -0.1) is 11.3 Å². The summed E-state index contributed by atoms with van der Waals surface area (Å²) < 4.78 is 0. The summed E-state index contributed by atoms with van der Waals surface area (Å²) in [5.41, 5.74) is 1.25. The molecular formula is C17H18N2OS. The summed E-state index contributed by atoms with van der Waals surface area (Å²) in [6.07, 6.45) is 4.20. The highest BCUT2D eigenvalue weighted by molar-refractivity contribution is 7.13. The first-order chi connectivity index (χ1) is 10.1. The van der Waals surface area contributed by atoms with Crippen LogP contribution in [0.25, 0.3) is 12.7 Å². The van der Waals surface area contributed by atoms with E-state index >= 15 is 0 Å². The topological polar surface area (TPSA) is 48.6 Å². The van der Waals surface area contributed by atoms with E-state index in [0.29, 0.717) is 5.22 Å². The number of nitrogens with one attached hydrogen (secondary N) is 2. The van der Waals surface area contributed by atoms with E-state index in [4.69, 9.17) is 0 Å². The van der Waals surface area contributed by atoms with Crippen molar-refractivity contribution >= 4 is 24.0 Å². The van der Waals surface area contributed by atoms with Gasteiger partial charge in [0.05, 0.1) is 15.9 Å². The minimum Gasteiger partial charge on any atom is -0.354 e. The third-order valence-electron chi connectivity index (χ3n) is 3.57. The van der Waals surface area contributed by atoms with E-state index in [1.165, 1.54) is 10.4 Å². The van der Waals surface area contributed by atoms with Crippen molar-refractivity contribution in [2.24, 2.45) is 0 Å². The van der Waals surface area contributed by atoms with Gasteiger partial charge in [0.25, 0.3) is 5.56 Å². The maximum Gasteiger partial charge on any atom is 0.257 e. The Hall–Kier alpha value is -2.07. The van der Waals surface area contributed by atoms with Gasteiger partial charge in [-0.25, -0.2) is 0 Å². The molecule has 0 saturated heterocycles. The van der Waals surface area contributed by atoms with Crippen LogP contribution in [0.5, 0.6) is 0 Å². The average molecular weight is 298 g/mol. The first-order valence-electron chi connectivity index (χ1n) is 7.09. The average Bonchev–Trinajstić information content (AvgIpc) is 2.93. The van der Waals surface area contributed by atoms with Crippen LogP contribution in [-0.2, 0) is 6.42 Å². The standard InChI is InChI=1S/C17H18N2OS/c1-4-5-15-10(2)8-12(21-15)9-13-16-14(19-17(13)20)7-6-11(3)18-16/h6-9,18H,3-5H2,1-2H3,(H,19,20). The molecule has 4 heteroatoms. The van der Waals surface area contributed by atoms with Crippen LogP contribution in [-0.4, -0.2) is 9.97 Å². The number of aromatic nitrogens is 2. The summed E-state index contributed by atoms with van der Waals surface area (Å²) >= 11 is 1.77. The zero-order valence-electron chi connectivity index (χ0n) is 12.2. The van der Waals surface area contributed by atoms with Gasteiger partial charge in [-0.1, -0.05) is 19.9 Å². The SMILES string of the molecule is C=c1ccc2[nH]c(=O)c(=Cc3cc(C)c(CCC)s3)c=2[nH]1. The van der Waals surface area contributed by atoms with Crippen molar-refractivity contribution in [2.45, 2.75) is 26.7 Å². The molecule has 3 rings (SSSR count). The lowest BCUT2D eigenvalue weighted by Crippen LogP contribution is -2.23. The maximum absolute atomic E-state index is 12.1. The van der Waals surface area contributed by atoms with Gasteiger partial charge in [-0.2, -0.15) is 0 Å². The molecule has 1 aromatic heterocycles. The molecule has 2 aliphatic rings. The Morgan fingerprint density at radius 3 is 2.90 bits per heavy atom. The van der Waals surface area contributed by atoms with E-state index in [1.807, 2.05) is 18.2 Å². The quantitative estimate of drug-likeness (QED) is 0.763. The number of aryl methyl sites for hydroxylation is 2. The molecule has 0 bridgehead atoms. The van der Waals surface area contributed by atoms with Crippen molar-refractivity contribution in [3.63, 3.8) is 0 Å². The van der Waals surface area contributed by atoms with Crippen molar-refractivity contribution in [3.8, 4) is 0 Å². The van der Waals surface area contributed by atoms with Gasteiger partial charge < -0.3 is 9.97 Å². The first-order valence-corrected chi connectivity index (χ1v) is 7.91. The maximum atomic E-state index is 12.1. The van der Waals surface area contributed by atoms with Crippen molar-refractivity contribution in [1.82, 2.24) is 9.97 Å². The number of rotatable bonds is 3. The lowest BCUT2D eigenvalue weighted by Gasteiger charge is -1.92. The summed E-state index contributed by atoms with van der Waals surface area (Å²) in [5.74, 6) is 0. The fourth-order valence-corrected chi connectivity index (χ4v) is 3.75. The molecule has 0 aliphatic carbocycles. The largest absolute Gasteiger partial charge is 0.354 e. The van der Waals surface area contributed by atoms with Gasteiger partial charge in [0, 0.05) is 15.1 Å². The predicted octanol–water partition coefficient (Wildman–Crippen LogP) is 1.99. The highest BCUT2D eigenvalue weighted by atomic mass is 32.1. The molecule has 1 aromatic rings. The van der Waals surface area contributed by atoms with Gasteiger partial charge in [0.2, 0.25) is 0 Å². The van der Waals surface area contributed by atoms with E-state index in [2.05, 4.69) is 36.5 Å². The van der Waals surface area contributed by atoms with E-state index in [1.54, 1.807) is 11.3 Å². The molecule has 0 atom stereocenters. The van der Waals surface area contributed by atoms with Crippen LogP contribution >= 0.6 is 11.3 Å². The molecule has 2 aliphatic heterocycles. The molecule has 3 heterocycles. The van der Waals surface area contributed by atoms with Crippen molar-refractivity contribution in [2.75, 3.05) is 0 Å². The zero-order valence-corrected chi connectivity index (χ0v) is 13.1. The van der Waals surface area contributed by atoms with Gasteiger partial charge >= 0.3 is 0 Å². The number of thiophene rings is 1. The molecule has 2 N–H and O–H groups in total. The third kappa shape index (κ3) is 2.59. The minimum absolute atomic E-state index is 0.0602. The van der Waals surface area contributed by atoms with E-state index in [0.717, 1.165) is 33.8 Å². The van der Waals surface area contributed by atoms with Crippen molar-refractivity contribution < 1.29 is 0 Å². The van der Waals surface area contributed by atoms with Gasteiger partial charge in [0.1, 0.15) is 0 Å². The number of H-pyrrole nitrogens is 2. The van der Waals surface area contributed by atoms with Crippen molar-refractivity contribution in [3.05, 3.63) is 65.1 Å². The summed E-state index contributed by atoms with van der Waals surface area (Å²) in [5, 5.41) is 3.13. The van der Waals surface area contributed by atoms with Crippen LogP contribution in [0.2, 0.25) is 0 Å². The van der Waals surface area contributed by atoms with E-state index in [9.17, 15) is 4.79 Å². The molecule has 0 amide bonds. The highest BCUT2D eigenvalue weighted by Gasteiger charge is 2.05. The van der Waals surface area contributed by atoms with Gasteiger partial charge in [-0.3, -0.25) is 4.79 Å². The molecule has 21 heavy (non-hydrogen) atoms. The second-order valence-corrected chi connectivity index (χ2v) is 6.46. The van der Waals surface area contributed by atoms with Crippen molar-refractivity contribution in [1.29, 1.82) is 0 Å². The van der Waals surface area contributed by atoms with Gasteiger partial charge in [0.15, 0.2) is 0 Å². The summed E-state index contributed by atoms with van der Waals surface area (Å²) in [6.45, 7) is 8.20. The summed E-state index contributed by atoms with van der Waals surface area (Å²) in [7, 11) is 0. The first kappa shape index (κ1) is 13.9. The fraction of sp³-hybridized carbons (Fsp3) is 0.235. The number of hydrogen-bond donors (Lipinski definition) is 2. The number of hydrogen-bond acceptors (Lipinski definition) is 2. The van der Waals surface area contributed by atoms with Crippen LogP contribution in [0.3, 0.4) is 0 Å². The van der Waals surface area contributed by atoms with E-state index < -0.39 is 0 Å². The Labute approximate surface area is 126 Å². The molecule has 0 fully saturated rings.